The quantitative estimate of drug-likeness (QED) is 0.830. The second-order valence-corrected chi connectivity index (χ2v) is 6.79. The molecule has 0 atom stereocenters. The van der Waals surface area contributed by atoms with Gasteiger partial charge in [0.05, 0.1) is 23.4 Å². The van der Waals surface area contributed by atoms with Crippen LogP contribution in [0.15, 0.2) is 24.3 Å². The van der Waals surface area contributed by atoms with Crippen LogP contribution in [0, 0.1) is 0 Å². The lowest BCUT2D eigenvalue weighted by Crippen LogP contribution is -2.31. The molecule has 3 rings (SSSR count). The van der Waals surface area contributed by atoms with Crippen molar-refractivity contribution in [1.29, 1.82) is 0 Å². The molecule has 7 nitrogen and oxygen atoms in total. The molecule has 2 heterocycles. The van der Waals surface area contributed by atoms with Crippen molar-refractivity contribution in [2.24, 2.45) is 0 Å². The van der Waals surface area contributed by atoms with Crippen molar-refractivity contribution in [1.82, 2.24) is 15.1 Å². The number of rotatable bonds is 3. The number of halogens is 3. The van der Waals surface area contributed by atoms with Crippen LogP contribution in [-0.4, -0.2) is 28.4 Å². The monoisotopic (exact) mass is 396 g/mol. The molecule has 1 aliphatic rings. The number of nitrogens with zero attached hydrogens (tertiary/aromatic N) is 2. The molecule has 0 radical (unpaired) electrons. The number of amides is 1. The minimum atomic E-state index is -4.49. The molecule has 1 aromatic carbocycles. The van der Waals surface area contributed by atoms with Crippen molar-refractivity contribution >= 4 is 17.8 Å². The molecular formula is C18H19F3N4O3. The van der Waals surface area contributed by atoms with Crippen LogP contribution in [0.4, 0.5) is 23.8 Å². The Morgan fingerprint density at radius 2 is 1.93 bits per heavy atom. The van der Waals surface area contributed by atoms with E-state index in [0.717, 1.165) is 28.9 Å². The van der Waals surface area contributed by atoms with Gasteiger partial charge in [0, 0.05) is 17.7 Å². The minimum Gasteiger partial charge on any atom is -0.448 e. The Hall–Kier alpha value is -2.88. The molecular weight excluding hydrogens is 377 g/mol. The standard InChI is InChI=1S/C18H19F3N4O3/c1-4-28-16(27)25-14(12-9-22-17(2,3)13(12)24-25)23-15(26)10-5-7-11(8-6-10)18(19,20)21/h5-8,22H,4,9H2,1-3H3,(H,23,26). The Labute approximate surface area is 158 Å². The molecule has 2 aromatic rings. The molecule has 0 aliphatic carbocycles. The zero-order chi connectivity index (χ0) is 20.7. The summed E-state index contributed by atoms with van der Waals surface area (Å²) in [7, 11) is 0. The molecule has 1 aromatic heterocycles. The first kappa shape index (κ1) is 19.9. The van der Waals surface area contributed by atoms with E-state index in [0.29, 0.717) is 17.8 Å². The van der Waals surface area contributed by atoms with Gasteiger partial charge in [-0.1, -0.05) is 0 Å². The normalized spacial score (nSPS) is 15.2. The van der Waals surface area contributed by atoms with Gasteiger partial charge in [-0.3, -0.25) is 4.79 Å². The number of aromatic nitrogens is 2. The third-order valence-corrected chi connectivity index (χ3v) is 4.43. The first-order valence-corrected chi connectivity index (χ1v) is 8.57. The van der Waals surface area contributed by atoms with Gasteiger partial charge in [-0.05, 0) is 45.0 Å². The number of hydrogen-bond acceptors (Lipinski definition) is 5. The number of anilines is 1. The lowest BCUT2D eigenvalue weighted by Gasteiger charge is -2.17. The maximum absolute atomic E-state index is 12.7. The predicted molar refractivity (Wildman–Crippen MR) is 93.9 cm³/mol. The fourth-order valence-electron chi connectivity index (χ4n) is 2.95. The van der Waals surface area contributed by atoms with Crippen LogP contribution in [0.1, 0.15) is 48.0 Å². The van der Waals surface area contributed by atoms with E-state index in [4.69, 9.17) is 4.74 Å². The summed E-state index contributed by atoms with van der Waals surface area (Å²) in [4.78, 5) is 24.8. The van der Waals surface area contributed by atoms with Gasteiger partial charge >= 0.3 is 12.3 Å². The molecule has 0 saturated heterocycles. The van der Waals surface area contributed by atoms with E-state index in [2.05, 4.69) is 15.7 Å². The maximum Gasteiger partial charge on any atom is 0.436 e. The molecule has 0 saturated carbocycles. The van der Waals surface area contributed by atoms with E-state index < -0.39 is 29.3 Å². The van der Waals surface area contributed by atoms with Crippen LogP contribution in [0.2, 0.25) is 0 Å². The highest BCUT2D eigenvalue weighted by atomic mass is 19.4. The van der Waals surface area contributed by atoms with E-state index >= 15 is 0 Å². The van der Waals surface area contributed by atoms with Gasteiger partial charge in [0.15, 0.2) is 0 Å². The van der Waals surface area contributed by atoms with Gasteiger partial charge in [0.25, 0.3) is 5.91 Å². The highest BCUT2D eigenvalue weighted by Crippen LogP contribution is 2.35. The highest BCUT2D eigenvalue weighted by Gasteiger charge is 2.38. The Bertz CT molecular complexity index is 917. The average Bonchev–Trinajstić information content (AvgIpc) is 3.12. The maximum atomic E-state index is 12.7. The van der Waals surface area contributed by atoms with Gasteiger partial charge in [-0.25, -0.2) is 4.79 Å². The van der Waals surface area contributed by atoms with E-state index in [1.165, 1.54) is 0 Å². The summed E-state index contributed by atoms with van der Waals surface area (Å²) in [6.07, 6.45) is -5.24. The first-order valence-electron chi connectivity index (χ1n) is 8.57. The van der Waals surface area contributed by atoms with Crippen molar-refractivity contribution < 1.29 is 27.5 Å². The summed E-state index contributed by atoms with van der Waals surface area (Å²) in [5.74, 6) is -0.525. The number of carbonyl (C=O) groups is 2. The number of fused-ring (bicyclic) bond motifs is 1. The van der Waals surface area contributed by atoms with E-state index in [1.807, 2.05) is 13.8 Å². The largest absolute Gasteiger partial charge is 0.448 e. The van der Waals surface area contributed by atoms with Gasteiger partial charge < -0.3 is 15.4 Å². The Balaban J connectivity index is 1.93. The summed E-state index contributed by atoms with van der Waals surface area (Å²) in [5.41, 5.74) is -0.140. The molecule has 1 amide bonds. The smallest absolute Gasteiger partial charge is 0.436 e. The van der Waals surface area contributed by atoms with Crippen molar-refractivity contribution in [3.8, 4) is 0 Å². The lowest BCUT2D eigenvalue weighted by molar-refractivity contribution is -0.137. The molecule has 0 bridgehead atoms. The number of ether oxygens (including phenoxy) is 1. The third kappa shape index (κ3) is 3.59. The summed E-state index contributed by atoms with van der Waals surface area (Å²) >= 11 is 0. The van der Waals surface area contributed by atoms with E-state index in [-0.39, 0.29) is 18.0 Å². The minimum absolute atomic E-state index is 0.0172. The van der Waals surface area contributed by atoms with Crippen molar-refractivity contribution in [2.45, 2.75) is 39.0 Å². The topological polar surface area (TPSA) is 85.2 Å². The van der Waals surface area contributed by atoms with Gasteiger partial charge in [-0.15, -0.1) is 4.68 Å². The summed E-state index contributed by atoms with van der Waals surface area (Å²) in [6.45, 7) is 5.88. The SMILES string of the molecule is CCOC(=O)n1nc2c(c1NC(=O)c1ccc(C(F)(F)F)cc1)CNC2(C)C. The molecule has 10 heteroatoms. The first-order chi connectivity index (χ1) is 13.0. The molecule has 0 unspecified atom stereocenters. The second-order valence-electron chi connectivity index (χ2n) is 6.79. The van der Waals surface area contributed by atoms with Gasteiger partial charge in [0.2, 0.25) is 0 Å². The van der Waals surface area contributed by atoms with E-state index in [1.54, 1.807) is 6.92 Å². The summed E-state index contributed by atoms with van der Waals surface area (Å²) in [6, 6.07) is 3.80. The lowest BCUT2D eigenvalue weighted by atomic mass is 10.0. The molecule has 1 aliphatic heterocycles. The fraction of sp³-hybridized carbons (Fsp3) is 0.389. The number of carbonyl (C=O) groups excluding carboxylic acids is 2. The predicted octanol–water partition coefficient (Wildman–Crippen LogP) is 3.50. The van der Waals surface area contributed by atoms with Crippen LogP contribution < -0.4 is 10.6 Å². The average molecular weight is 396 g/mol. The second kappa shape index (κ2) is 6.93. The van der Waals surface area contributed by atoms with Crippen LogP contribution in [0.5, 0.6) is 0 Å². The Morgan fingerprint density at radius 3 is 2.50 bits per heavy atom. The number of alkyl halides is 3. The van der Waals surface area contributed by atoms with Crippen molar-refractivity contribution in [3.05, 3.63) is 46.6 Å². The highest BCUT2D eigenvalue weighted by molar-refractivity contribution is 6.05. The molecule has 0 fully saturated rings. The zero-order valence-corrected chi connectivity index (χ0v) is 15.5. The van der Waals surface area contributed by atoms with Crippen molar-refractivity contribution in [2.75, 3.05) is 11.9 Å². The molecule has 150 valence electrons. The van der Waals surface area contributed by atoms with Gasteiger partial charge in [-0.2, -0.15) is 18.3 Å². The zero-order valence-electron chi connectivity index (χ0n) is 15.5. The molecule has 2 N–H and O–H groups in total. The molecule has 28 heavy (non-hydrogen) atoms. The number of nitrogens with one attached hydrogen (secondary N) is 2. The number of hydrogen-bond donors (Lipinski definition) is 2. The summed E-state index contributed by atoms with van der Waals surface area (Å²) in [5, 5.41) is 10.1. The number of benzene rings is 1. The summed E-state index contributed by atoms with van der Waals surface area (Å²) < 4.78 is 44.0. The van der Waals surface area contributed by atoms with Crippen LogP contribution in [-0.2, 0) is 23.0 Å². The molecule has 0 spiro atoms. The van der Waals surface area contributed by atoms with E-state index in [9.17, 15) is 22.8 Å². The fourth-order valence-corrected chi connectivity index (χ4v) is 2.95. The Kier molecular flexibility index (Phi) is 4.92. The van der Waals surface area contributed by atoms with Crippen LogP contribution in [0.3, 0.4) is 0 Å². The van der Waals surface area contributed by atoms with Crippen LogP contribution in [0.25, 0.3) is 0 Å². The Morgan fingerprint density at radius 1 is 1.29 bits per heavy atom. The van der Waals surface area contributed by atoms with Crippen LogP contribution >= 0.6 is 0 Å². The van der Waals surface area contributed by atoms with Gasteiger partial charge in [0.1, 0.15) is 5.82 Å². The van der Waals surface area contributed by atoms with Crippen molar-refractivity contribution in [3.63, 3.8) is 0 Å². The third-order valence-electron chi connectivity index (χ3n) is 4.43.